The molecule has 1 aromatic carbocycles. The summed E-state index contributed by atoms with van der Waals surface area (Å²) in [5.41, 5.74) is 1.32. The number of carbonyl (C=O) groups excluding carboxylic acids is 1. The van der Waals surface area contributed by atoms with E-state index in [2.05, 4.69) is 13.8 Å². The van der Waals surface area contributed by atoms with Crippen molar-refractivity contribution in [3.63, 3.8) is 0 Å². The summed E-state index contributed by atoms with van der Waals surface area (Å²) in [6.07, 6.45) is 2.57. The molecule has 112 valence electrons. The van der Waals surface area contributed by atoms with Crippen LogP contribution in [0, 0.1) is 0 Å². The minimum absolute atomic E-state index is 0.0135. The third-order valence-electron chi connectivity index (χ3n) is 3.26. The van der Waals surface area contributed by atoms with E-state index in [1.807, 2.05) is 16.7 Å². The Hall–Kier alpha value is -1.75. The molecule has 1 saturated heterocycles. The van der Waals surface area contributed by atoms with Gasteiger partial charge in [0.15, 0.2) is 0 Å². The second kappa shape index (κ2) is 6.80. The number of carboxylic acid groups (broad SMARTS) is 1. The van der Waals surface area contributed by atoms with Crippen LogP contribution in [0.5, 0.6) is 0 Å². The number of hydrogen-bond donors (Lipinski definition) is 1. The first kappa shape index (κ1) is 15.6. The summed E-state index contributed by atoms with van der Waals surface area (Å²) >= 11 is 1.90. The van der Waals surface area contributed by atoms with Crippen LogP contribution in [0.25, 0.3) is 6.08 Å². The van der Waals surface area contributed by atoms with Crippen molar-refractivity contribution in [1.82, 2.24) is 4.90 Å². The van der Waals surface area contributed by atoms with Gasteiger partial charge in [-0.1, -0.05) is 26.0 Å². The van der Waals surface area contributed by atoms with E-state index in [1.54, 1.807) is 24.3 Å². The maximum absolute atomic E-state index is 12.6. The van der Waals surface area contributed by atoms with Crippen molar-refractivity contribution in [1.29, 1.82) is 0 Å². The molecule has 4 nitrogen and oxygen atoms in total. The molecule has 0 bridgehead atoms. The van der Waals surface area contributed by atoms with Crippen LogP contribution >= 0.6 is 11.8 Å². The Balaban J connectivity index is 2.15. The molecule has 0 saturated carbocycles. The second-order valence-electron chi connectivity index (χ2n) is 5.26. The van der Waals surface area contributed by atoms with Crippen molar-refractivity contribution in [2.75, 3.05) is 13.1 Å². The topological polar surface area (TPSA) is 57.6 Å². The molecule has 5 heteroatoms. The number of nitrogens with zero attached hydrogens (tertiary/aromatic N) is 1. The quantitative estimate of drug-likeness (QED) is 0.872. The Kier molecular flexibility index (Phi) is 5.07. The van der Waals surface area contributed by atoms with Crippen LogP contribution in [0.2, 0.25) is 0 Å². The number of carboxylic acids is 1. The average Bonchev–Trinajstić information content (AvgIpc) is 2.43. The molecule has 1 aromatic rings. The Morgan fingerprint density at radius 2 is 1.95 bits per heavy atom. The van der Waals surface area contributed by atoms with Crippen LogP contribution in [0.3, 0.4) is 0 Å². The molecule has 1 aliphatic heterocycles. The largest absolute Gasteiger partial charge is 0.478 e. The van der Waals surface area contributed by atoms with Crippen molar-refractivity contribution in [2.24, 2.45) is 0 Å². The number of thioether (sulfide) groups is 1. The van der Waals surface area contributed by atoms with E-state index in [0.29, 0.717) is 16.1 Å². The first-order valence-corrected chi connectivity index (χ1v) is 7.86. The summed E-state index contributed by atoms with van der Waals surface area (Å²) in [6, 6.07) is 7.07. The van der Waals surface area contributed by atoms with Crippen LogP contribution in [0.15, 0.2) is 30.3 Å². The minimum Gasteiger partial charge on any atom is -0.478 e. The van der Waals surface area contributed by atoms with E-state index in [-0.39, 0.29) is 5.91 Å². The highest BCUT2D eigenvalue weighted by atomic mass is 32.2. The van der Waals surface area contributed by atoms with Gasteiger partial charge >= 0.3 is 5.97 Å². The monoisotopic (exact) mass is 305 g/mol. The van der Waals surface area contributed by atoms with Crippen molar-refractivity contribution in [2.45, 2.75) is 24.3 Å². The fourth-order valence-electron chi connectivity index (χ4n) is 2.47. The molecule has 0 radical (unpaired) electrons. The predicted octanol–water partition coefficient (Wildman–Crippen LogP) is 2.75. The van der Waals surface area contributed by atoms with Crippen LogP contribution in [-0.2, 0) is 4.79 Å². The van der Waals surface area contributed by atoms with Gasteiger partial charge < -0.3 is 10.0 Å². The minimum atomic E-state index is -0.998. The molecule has 1 fully saturated rings. The van der Waals surface area contributed by atoms with Crippen LogP contribution < -0.4 is 0 Å². The van der Waals surface area contributed by atoms with E-state index in [4.69, 9.17) is 5.11 Å². The lowest BCUT2D eigenvalue weighted by Crippen LogP contribution is -2.44. The zero-order chi connectivity index (χ0) is 15.4. The van der Waals surface area contributed by atoms with E-state index in [9.17, 15) is 9.59 Å². The fraction of sp³-hybridized carbons (Fsp3) is 0.375. The smallest absolute Gasteiger partial charge is 0.328 e. The third-order valence-corrected chi connectivity index (χ3v) is 4.49. The zero-order valence-electron chi connectivity index (χ0n) is 12.2. The highest BCUT2D eigenvalue weighted by molar-refractivity contribution is 8.00. The Bertz CT molecular complexity index is 560. The van der Waals surface area contributed by atoms with Crippen molar-refractivity contribution in [3.05, 3.63) is 41.5 Å². The van der Waals surface area contributed by atoms with Gasteiger partial charge in [0.1, 0.15) is 0 Å². The van der Waals surface area contributed by atoms with Crippen LogP contribution in [0.4, 0.5) is 0 Å². The van der Waals surface area contributed by atoms with Crippen molar-refractivity contribution in [3.8, 4) is 0 Å². The molecule has 2 atom stereocenters. The Labute approximate surface area is 128 Å². The fourth-order valence-corrected chi connectivity index (χ4v) is 3.79. The highest BCUT2D eigenvalue weighted by Gasteiger charge is 2.26. The predicted molar refractivity (Wildman–Crippen MR) is 85.5 cm³/mol. The first-order valence-electron chi connectivity index (χ1n) is 6.91. The van der Waals surface area contributed by atoms with Gasteiger partial charge in [-0.3, -0.25) is 4.79 Å². The van der Waals surface area contributed by atoms with Gasteiger partial charge in [0.25, 0.3) is 5.91 Å². The summed E-state index contributed by atoms with van der Waals surface area (Å²) in [4.78, 5) is 25.0. The van der Waals surface area contributed by atoms with E-state index in [0.717, 1.165) is 24.7 Å². The van der Waals surface area contributed by atoms with Gasteiger partial charge in [-0.25, -0.2) is 4.79 Å². The van der Waals surface area contributed by atoms with Crippen molar-refractivity contribution < 1.29 is 14.7 Å². The van der Waals surface area contributed by atoms with Gasteiger partial charge in [0, 0.05) is 35.2 Å². The molecular weight excluding hydrogens is 286 g/mol. The lowest BCUT2D eigenvalue weighted by molar-refractivity contribution is -0.131. The summed E-state index contributed by atoms with van der Waals surface area (Å²) in [6.45, 7) is 5.77. The third kappa shape index (κ3) is 4.36. The SMILES string of the molecule is CC1CN(C(=O)c2cccc(C=CC(=O)O)c2)CC(C)S1. The molecule has 1 N–H and O–H groups in total. The van der Waals surface area contributed by atoms with Gasteiger partial charge in [-0.15, -0.1) is 0 Å². The lowest BCUT2D eigenvalue weighted by atomic mass is 10.1. The molecule has 1 amide bonds. The number of carbonyl (C=O) groups is 2. The molecule has 0 aliphatic carbocycles. The zero-order valence-corrected chi connectivity index (χ0v) is 13.0. The molecular formula is C16H19NO3S. The first-order chi connectivity index (χ1) is 9.95. The normalized spacial score (nSPS) is 22.5. The van der Waals surface area contributed by atoms with E-state index < -0.39 is 5.97 Å². The van der Waals surface area contributed by atoms with Gasteiger partial charge in [0.05, 0.1) is 0 Å². The van der Waals surface area contributed by atoms with E-state index in [1.165, 1.54) is 6.08 Å². The molecule has 2 rings (SSSR count). The number of benzene rings is 1. The van der Waals surface area contributed by atoms with Gasteiger partial charge in [0.2, 0.25) is 0 Å². The van der Waals surface area contributed by atoms with Crippen molar-refractivity contribution >= 4 is 29.7 Å². The number of hydrogen-bond acceptors (Lipinski definition) is 3. The molecule has 1 heterocycles. The summed E-state index contributed by atoms with van der Waals surface area (Å²) < 4.78 is 0. The standard InChI is InChI=1S/C16H19NO3S/c1-11-9-17(10-12(2)21-11)16(20)14-5-3-4-13(8-14)6-7-15(18)19/h3-8,11-12H,9-10H2,1-2H3,(H,18,19). The summed E-state index contributed by atoms with van der Waals surface area (Å²) in [5.74, 6) is -0.984. The Morgan fingerprint density at radius 3 is 2.57 bits per heavy atom. The molecule has 2 unspecified atom stereocenters. The van der Waals surface area contributed by atoms with Crippen LogP contribution in [0.1, 0.15) is 29.8 Å². The second-order valence-corrected chi connectivity index (χ2v) is 7.15. The summed E-state index contributed by atoms with van der Waals surface area (Å²) in [7, 11) is 0. The number of aliphatic carboxylic acids is 1. The molecule has 0 aromatic heterocycles. The number of rotatable bonds is 3. The molecule has 1 aliphatic rings. The average molecular weight is 305 g/mol. The highest BCUT2D eigenvalue weighted by Crippen LogP contribution is 2.25. The molecule has 21 heavy (non-hydrogen) atoms. The van der Waals surface area contributed by atoms with Gasteiger partial charge in [-0.2, -0.15) is 11.8 Å². The Morgan fingerprint density at radius 1 is 1.29 bits per heavy atom. The maximum Gasteiger partial charge on any atom is 0.328 e. The lowest BCUT2D eigenvalue weighted by Gasteiger charge is -2.34. The number of amides is 1. The molecule has 0 spiro atoms. The van der Waals surface area contributed by atoms with E-state index >= 15 is 0 Å². The van der Waals surface area contributed by atoms with Crippen LogP contribution in [-0.4, -0.2) is 45.5 Å². The maximum atomic E-state index is 12.6. The van der Waals surface area contributed by atoms with Gasteiger partial charge in [-0.05, 0) is 23.8 Å². The summed E-state index contributed by atoms with van der Waals surface area (Å²) in [5, 5.41) is 9.53.